The van der Waals surface area contributed by atoms with Crippen molar-refractivity contribution in [2.75, 3.05) is 37.2 Å². The summed E-state index contributed by atoms with van der Waals surface area (Å²) in [6, 6.07) is 15.1. The topological polar surface area (TPSA) is 89.3 Å². The second-order valence-electron chi connectivity index (χ2n) is 8.00. The Hall–Kier alpha value is -3.34. The van der Waals surface area contributed by atoms with Gasteiger partial charge >= 0.3 is 5.97 Å². The van der Waals surface area contributed by atoms with Crippen LogP contribution >= 0.6 is 34.7 Å². The Kier molecular flexibility index (Phi) is 7.97. The maximum atomic E-state index is 12.8. The van der Waals surface area contributed by atoms with Crippen molar-refractivity contribution >= 4 is 57.3 Å². The molecule has 0 aliphatic carbocycles. The number of aromatic nitrogens is 3. The number of hydrogen-bond acceptors (Lipinski definition) is 8. The van der Waals surface area contributed by atoms with Gasteiger partial charge in [-0.25, -0.2) is 4.79 Å². The van der Waals surface area contributed by atoms with Crippen LogP contribution in [0.3, 0.4) is 0 Å². The van der Waals surface area contributed by atoms with Gasteiger partial charge in [-0.1, -0.05) is 47.6 Å². The molecule has 0 saturated heterocycles. The Morgan fingerprint density at radius 3 is 2.58 bits per heavy atom. The van der Waals surface area contributed by atoms with Crippen LogP contribution in [-0.4, -0.2) is 53.6 Å². The number of esters is 1. The average molecular weight is 542 g/mol. The van der Waals surface area contributed by atoms with Crippen molar-refractivity contribution in [3.8, 4) is 22.5 Å². The molecule has 0 unspecified atom stereocenters. The quantitative estimate of drug-likeness (QED) is 0.234. The first kappa shape index (κ1) is 25.7. The van der Waals surface area contributed by atoms with E-state index in [4.69, 9.17) is 16.3 Å². The highest BCUT2D eigenvalue weighted by Crippen LogP contribution is 2.37. The van der Waals surface area contributed by atoms with Gasteiger partial charge in [-0.3, -0.25) is 4.79 Å². The third-order valence-corrected chi connectivity index (χ3v) is 7.54. The second kappa shape index (κ2) is 11.2. The van der Waals surface area contributed by atoms with Crippen LogP contribution in [0.25, 0.3) is 22.5 Å². The number of amides is 1. The number of ether oxygens (including phenoxy) is 1. The molecule has 0 aliphatic rings. The van der Waals surface area contributed by atoms with Crippen LogP contribution in [0.2, 0.25) is 5.02 Å². The van der Waals surface area contributed by atoms with E-state index in [0.29, 0.717) is 32.1 Å². The number of carbonyl (C=O) groups is 2. The van der Waals surface area contributed by atoms with E-state index in [1.54, 1.807) is 12.1 Å². The van der Waals surface area contributed by atoms with Crippen molar-refractivity contribution in [2.24, 2.45) is 7.05 Å². The van der Waals surface area contributed by atoms with E-state index in [1.165, 1.54) is 30.2 Å². The molecule has 0 saturated carbocycles. The number of rotatable bonds is 8. The lowest BCUT2D eigenvalue weighted by Gasteiger charge is -2.13. The number of benzene rings is 2. The molecular weight excluding hydrogens is 518 g/mol. The first-order chi connectivity index (χ1) is 17.3. The van der Waals surface area contributed by atoms with Crippen LogP contribution < -0.4 is 10.2 Å². The Bertz CT molecular complexity index is 1400. The van der Waals surface area contributed by atoms with Gasteiger partial charge in [0.15, 0.2) is 11.0 Å². The number of carbonyl (C=O) groups excluding carboxylic acids is 2. The molecule has 1 amide bonds. The first-order valence-corrected chi connectivity index (χ1v) is 13.1. The van der Waals surface area contributed by atoms with Crippen molar-refractivity contribution in [3.63, 3.8) is 0 Å². The molecule has 2 heterocycles. The van der Waals surface area contributed by atoms with Crippen molar-refractivity contribution < 1.29 is 14.3 Å². The molecule has 0 fully saturated rings. The molecule has 0 bridgehead atoms. The Morgan fingerprint density at radius 1 is 1.14 bits per heavy atom. The van der Waals surface area contributed by atoms with E-state index in [1.807, 2.05) is 72.4 Å². The van der Waals surface area contributed by atoms with Gasteiger partial charge in [0.25, 0.3) is 0 Å². The van der Waals surface area contributed by atoms with E-state index >= 15 is 0 Å². The molecule has 8 nitrogen and oxygen atoms in total. The number of hydrogen-bond donors (Lipinski definition) is 1. The number of thioether (sulfide) groups is 1. The summed E-state index contributed by atoms with van der Waals surface area (Å²) in [6.07, 6.45) is 0. The Morgan fingerprint density at radius 2 is 1.89 bits per heavy atom. The Labute approximate surface area is 222 Å². The van der Waals surface area contributed by atoms with Gasteiger partial charge in [-0.05, 0) is 29.8 Å². The molecule has 0 radical (unpaired) electrons. The van der Waals surface area contributed by atoms with E-state index in [-0.39, 0.29) is 11.7 Å². The summed E-state index contributed by atoms with van der Waals surface area (Å²) in [5, 5.41) is 14.9. The van der Waals surface area contributed by atoms with Crippen LogP contribution in [0, 0.1) is 0 Å². The highest BCUT2D eigenvalue weighted by molar-refractivity contribution is 7.99. The lowest BCUT2D eigenvalue weighted by atomic mass is 10.0. The lowest BCUT2D eigenvalue weighted by molar-refractivity contribution is -0.113. The van der Waals surface area contributed by atoms with Gasteiger partial charge in [-0.2, -0.15) is 0 Å². The number of thiophene rings is 1. The summed E-state index contributed by atoms with van der Waals surface area (Å²) in [5.74, 6) is 0.00899. The SMILES string of the molecule is COC(=O)c1c(-c2ccc(Cl)cc2)csc1NC(=O)CSc1nnc(-c2cccc(N(C)C)c2)n1C. The summed E-state index contributed by atoms with van der Waals surface area (Å²) in [6.45, 7) is 0. The minimum absolute atomic E-state index is 0.0957. The van der Waals surface area contributed by atoms with Gasteiger partial charge in [0.2, 0.25) is 5.91 Å². The summed E-state index contributed by atoms with van der Waals surface area (Å²) in [4.78, 5) is 27.4. The second-order valence-corrected chi connectivity index (χ2v) is 10.3. The largest absolute Gasteiger partial charge is 0.465 e. The molecule has 2 aromatic heterocycles. The number of nitrogens with one attached hydrogen (secondary N) is 1. The van der Waals surface area contributed by atoms with Crippen LogP contribution in [-0.2, 0) is 16.6 Å². The zero-order valence-electron chi connectivity index (χ0n) is 20.1. The van der Waals surface area contributed by atoms with Crippen LogP contribution in [0.5, 0.6) is 0 Å². The molecule has 0 spiro atoms. The number of nitrogens with zero attached hydrogens (tertiary/aromatic N) is 4. The maximum absolute atomic E-state index is 12.8. The number of anilines is 2. The highest BCUT2D eigenvalue weighted by Gasteiger charge is 2.23. The molecule has 4 rings (SSSR count). The monoisotopic (exact) mass is 541 g/mol. The summed E-state index contributed by atoms with van der Waals surface area (Å²) in [7, 11) is 7.14. The molecule has 1 N–H and O–H groups in total. The molecule has 0 aliphatic heterocycles. The van der Waals surface area contributed by atoms with Gasteiger partial charge in [0.05, 0.1) is 12.9 Å². The fourth-order valence-corrected chi connectivity index (χ4v) is 5.32. The van der Waals surface area contributed by atoms with Crippen molar-refractivity contribution in [3.05, 3.63) is 64.5 Å². The van der Waals surface area contributed by atoms with Crippen molar-refractivity contribution in [1.29, 1.82) is 0 Å². The molecule has 36 heavy (non-hydrogen) atoms. The first-order valence-electron chi connectivity index (χ1n) is 10.8. The smallest absolute Gasteiger partial charge is 0.341 e. The normalized spacial score (nSPS) is 10.8. The van der Waals surface area contributed by atoms with Gasteiger partial charge in [0.1, 0.15) is 10.6 Å². The van der Waals surface area contributed by atoms with E-state index in [9.17, 15) is 9.59 Å². The van der Waals surface area contributed by atoms with Crippen molar-refractivity contribution in [2.45, 2.75) is 5.16 Å². The predicted molar refractivity (Wildman–Crippen MR) is 146 cm³/mol. The van der Waals surface area contributed by atoms with E-state index < -0.39 is 5.97 Å². The zero-order chi connectivity index (χ0) is 25.8. The molecule has 186 valence electrons. The van der Waals surface area contributed by atoms with Gasteiger partial charge in [-0.15, -0.1) is 21.5 Å². The maximum Gasteiger partial charge on any atom is 0.341 e. The number of halogens is 1. The van der Waals surface area contributed by atoms with Gasteiger partial charge < -0.3 is 19.5 Å². The molecular formula is C25H24ClN5O3S2. The van der Waals surface area contributed by atoms with Crippen LogP contribution in [0.15, 0.2) is 59.1 Å². The Balaban J connectivity index is 1.48. The van der Waals surface area contributed by atoms with Crippen LogP contribution in [0.1, 0.15) is 10.4 Å². The minimum atomic E-state index is -0.526. The molecule has 4 aromatic rings. The fourth-order valence-electron chi connectivity index (χ4n) is 3.50. The minimum Gasteiger partial charge on any atom is -0.465 e. The zero-order valence-corrected chi connectivity index (χ0v) is 22.5. The standard InChI is InChI=1S/C25H24ClN5O3S2/c1-30(2)18-7-5-6-16(12-18)22-28-29-25(31(22)3)36-14-20(32)27-23-21(24(33)34-4)19(13-35-23)15-8-10-17(26)11-9-15/h5-13H,14H2,1-4H3,(H,27,32). The molecule has 2 aromatic carbocycles. The molecule has 11 heteroatoms. The number of methoxy groups -OCH3 is 1. The lowest BCUT2D eigenvalue weighted by Crippen LogP contribution is -2.16. The fraction of sp³-hybridized carbons (Fsp3) is 0.200. The van der Waals surface area contributed by atoms with E-state index in [2.05, 4.69) is 15.5 Å². The summed E-state index contributed by atoms with van der Waals surface area (Å²) < 4.78 is 6.83. The van der Waals surface area contributed by atoms with E-state index in [0.717, 1.165) is 16.8 Å². The third-order valence-electron chi connectivity index (χ3n) is 5.38. The third kappa shape index (κ3) is 5.56. The molecule has 0 atom stereocenters. The summed E-state index contributed by atoms with van der Waals surface area (Å²) in [5.41, 5.74) is 3.77. The predicted octanol–water partition coefficient (Wildman–Crippen LogP) is 5.45. The highest BCUT2D eigenvalue weighted by atomic mass is 35.5. The summed E-state index contributed by atoms with van der Waals surface area (Å²) >= 11 is 8.52. The van der Waals surface area contributed by atoms with Gasteiger partial charge in [0, 0.05) is 48.4 Å². The van der Waals surface area contributed by atoms with Crippen molar-refractivity contribution in [1.82, 2.24) is 14.8 Å². The van der Waals surface area contributed by atoms with Crippen LogP contribution in [0.4, 0.5) is 10.7 Å². The average Bonchev–Trinajstić information content (AvgIpc) is 3.46.